The molecule has 1 amide bonds. The average molecular weight is 316 g/mol. The van der Waals surface area contributed by atoms with E-state index in [1.54, 1.807) is 0 Å². The minimum absolute atomic E-state index is 0.0198. The summed E-state index contributed by atoms with van der Waals surface area (Å²) in [6.07, 6.45) is 1.15. The summed E-state index contributed by atoms with van der Waals surface area (Å²) < 4.78 is 5.42. The topological polar surface area (TPSA) is 55.1 Å². The van der Waals surface area contributed by atoms with E-state index in [4.69, 9.17) is 4.52 Å². The smallest absolute Gasteiger partial charge is 0.226 e. The van der Waals surface area contributed by atoms with Gasteiger partial charge in [0.15, 0.2) is 5.58 Å². The van der Waals surface area contributed by atoms with E-state index in [1.165, 1.54) is 0 Å². The van der Waals surface area contributed by atoms with Crippen molar-refractivity contribution >= 4 is 16.9 Å². The summed E-state index contributed by atoms with van der Waals surface area (Å²) in [6.45, 7) is 14.7. The first-order chi connectivity index (χ1) is 10.5. The predicted molar refractivity (Wildman–Crippen MR) is 93.5 cm³/mol. The molecule has 0 radical (unpaired) electrons. The predicted octanol–water partition coefficient (Wildman–Crippen LogP) is 4.32. The first kappa shape index (κ1) is 17.5. The summed E-state index contributed by atoms with van der Waals surface area (Å²) in [7, 11) is 0. The Kier molecular flexibility index (Phi) is 4.56. The Labute approximate surface area is 138 Å². The van der Waals surface area contributed by atoms with Crippen LogP contribution in [0.25, 0.3) is 11.0 Å². The highest BCUT2D eigenvalue weighted by Gasteiger charge is 2.27. The lowest BCUT2D eigenvalue weighted by atomic mass is 9.81. The molecule has 4 heteroatoms. The van der Waals surface area contributed by atoms with Crippen LogP contribution in [0.15, 0.2) is 16.7 Å². The lowest BCUT2D eigenvalue weighted by molar-refractivity contribution is -0.122. The van der Waals surface area contributed by atoms with Crippen molar-refractivity contribution < 1.29 is 9.32 Å². The average Bonchev–Trinajstić information content (AvgIpc) is 2.68. The van der Waals surface area contributed by atoms with Gasteiger partial charge < -0.3 is 9.84 Å². The summed E-state index contributed by atoms with van der Waals surface area (Å²) in [5.41, 5.74) is 3.58. The molecule has 0 bridgehead atoms. The molecule has 0 fully saturated rings. The highest BCUT2D eigenvalue weighted by Crippen LogP contribution is 2.27. The van der Waals surface area contributed by atoms with Crippen LogP contribution < -0.4 is 5.32 Å². The second-order valence-electron chi connectivity index (χ2n) is 8.43. The van der Waals surface area contributed by atoms with Crippen LogP contribution in [0, 0.1) is 19.3 Å². The van der Waals surface area contributed by atoms with Crippen molar-refractivity contribution in [3.05, 3.63) is 29.0 Å². The first-order valence-corrected chi connectivity index (χ1v) is 8.13. The largest absolute Gasteiger partial charge is 0.356 e. The van der Waals surface area contributed by atoms with Crippen molar-refractivity contribution in [1.82, 2.24) is 10.5 Å². The first-order valence-electron chi connectivity index (χ1n) is 8.13. The molecule has 4 nitrogen and oxygen atoms in total. The van der Waals surface area contributed by atoms with Gasteiger partial charge in [0.25, 0.3) is 0 Å². The molecular weight excluding hydrogens is 288 g/mol. The molecule has 0 spiro atoms. The number of carbonyl (C=O) groups is 1. The molecule has 0 saturated carbocycles. The molecule has 0 aliphatic heterocycles. The van der Waals surface area contributed by atoms with E-state index in [9.17, 15) is 4.79 Å². The van der Waals surface area contributed by atoms with E-state index < -0.39 is 0 Å². The van der Waals surface area contributed by atoms with Crippen LogP contribution in [-0.2, 0) is 11.2 Å². The zero-order valence-electron chi connectivity index (χ0n) is 15.3. The Morgan fingerprint density at radius 2 is 1.83 bits per heavy atom. The maximum absolute atomic E-state index is 12.4. The SMILES string of the molecule is Cc1cc(C)c2onc(CC(=O)NC(C)(C)CC(C)(C)C)c2c1. The van der Waals surface area contributed by atoms with Gasteiger partial charge in [-0.1, -0.05) is 32.0 Å². The van der Waals surface area contributed by atoms with Gasteiger partial charge in [-0.25, -0.2) is 0 Å². The lowest BCUT2D eigenvalue weighted by Gasteiger charge is -2.33. The summed E-state index contributed by atoms with van der Waals surface area (Å²) in [4.78, 5) is 12.4. The molecular formula is C19H28N2O2. The number of aromatic nitrogens is 1. The second kappa shape index (κ2) is 5.99. The van der Waals surface area contributed by atoms with Gasteiger partial charge in [0.1, 0.15) is 5.69 Å². The number of rotatable bonds is 4. The molecule has 2 aromatic rings. The number of aryl methyl sites for hydroxylation is 2. The van der Waals surface area contributed by atoms with E-state index in [1.807, 2.05) is 19.9 Å². The van der Waals surface area contributed by atoms with Crippen LogP contribution in [0.3, 0.4) is 0 Å². The molecule has 1 N–H and O–H groups in total. The second-order valence-corrected chi connectivity index (χ2v) is 8.43. The van der Waals surface area contributed by atoms with Gasteiger partial charge in [-0.2, -0.15) is 0 Å². The van der Waals surface area contributed by atoms with Crippen LogP contribution in [0.5, 0.6) is 0 Å². The minimum atomic E-state index is -0.249. The Balaban J connectivity index is 2.15. The molecule has 1 aromatic carbocycles. The number of hydrogen-bond donors (Lipinski definition) is 1. The van der Waals surface area contributed by atoms with Crippen LogP contribution in [0.2, 0.25) is 0 Å². The third-order valence-electron chi connectivity index (χ3n) is 3.76. The zero-order chi connectivity index (χ0) is 17.4. The van der Waals surface area contributed by atoms with Crippen molar-refractivity contribution in [3.63, 3.8) is 0 Å². The molecule has 23 heavy (non-hydrogen) atoms. The Bertz CT molecular complexity index is 721. The van der Waals surface area contributed by atoms with E-state index in [0.717, 1.165) is 28.5 Å². The number of hydrogen-bond acceptors (Lipinski definition) is 3. The van der Waals surface area contributed by atoms with Crippen molar-refractivity contribution in [2.24, 2.45) is 5.41 Å². The van der Waals surface area contributed by atoms with E-state index >= 15 is 0 Å². The van der Waals surface area contributed by atoms with Gasteiger partial charge in [0, 0.05) is 10.9 Å². The Morgan fingerprint density at radius 1 is 1.17 bits per heavy atom. The Morgan fingerprint density at radius 3 is 2.43 bits per heavy atom. The van der Waals surface area contributed by atoms with Gasteiger partial charge in [-0.3, -0.25) is 4.79 Å². The summed E-state index contributed by atoms with van der Waals surface area (Å²) in [6, 6.07) is 4.09. The van der Waals surface area contributed by atoms with Crippen molar-refractivity contribution in [2.75, 3.05) is 0 Å². The molecule has 1 aromatic heterocycles. The maximum Gasteiger partial charge on any atom is 0.226 e. The van der Waals surface area contributed by atoms with Crippen LogP contribution in [-0.4, -0.2) is 16.6 Å². The molecule has 0 aliphatic carbocycles. The molecule has 0 atom stereocenters. The van der Waals surface area contributed by atoms with Gasteiger partial charge in [-0.05, 0) is 56.7 Å². The molecule has 2 rings (SSSR count). The minimum Gasteiger partial charge on any atom is -0.356 e. The fourth-order valence-corrected chi connectivity index (χ4v) is 3.51. The highest BCUT2D eigenvalue weighted by molar-refractivity contribution is 5.88. The monoisotopic (exact) mass is 316 g/mol. The third kappa shape index (κ3) is 4.57. The number of carbonyl (C=O) groups excluding carboxylic acids is 1. The standard InChI is InChI=1S/C19H28N2O2/c1-12-8-13(2)17-14(9-12)15(21-23-17)10-16(22)20-19(6,7)11-18(3,4)5/h8-9H,10-11H2,1-7H3,(H,20,22). The fraction of sp³-hybridized carbons (Fsp3) is 0.579. The zero-order valence-corrected chi connectivity index (χ0v) is 15.3. The highest BCUT2D eigenvalue weighted by atomic mass is 16.5. The summed E-state index contributed by atoms with van der Waals surface area (Å²) >= 11 is 0. The number of nitrogens with one attached hydrogen (secondary N) is 1. The quantitative estimate of drug-likeness (QED) is 0.914. The molecule has 0 unspecified atom stereocenters. The summed E-state index contributed by atoms with van der Waals surface area (Å²) in [5.74, 6) is -0.0198. The molecule has 126 valence electrons. The number of nitrogens with zero attached hydrogens (tertiary/aromatic N) is 1. The van der Waals surface area contributed by atoms with Gasteiger partial charge >= 0.3 is 0 Å². The van der Waals surface area contributed by atoms with Crippen molar-refractivity contribution in [2.45, 2.75) is 66.8 Å². The Hall–Kier alpha value is -1.84. The molecule has 0 saturated heterocycles. The van der Waals surface area contributed by atoms with Gasteiger partial charge in [-0.15, -0.1) is 0 Å². The molecule has 1 heterocycles. The molecule has 0 aliphatic rings. The van der Waals surface area contributed by atoms with Gasteiger partial charge in [0.2, 0.25) is 5.91 Å². The number of benzene rings is 1. The van der Waals surface area contributed by atoms with E-state index in [-0.39, 0.29) is 23.3 Å². The summed E-state index contributed by atoms with van der Waals surface area (Å²) in [5, 5.41) is 8.17. The van der Waals surface area contributed by atoms with Crippen LogP contribution in [0.4, 0.5) is 0 Å². The number of fused-ring (bicyclic) bond motifs is 1. The van der Waals surface area contributed by atoms with Crippen molar-refractivity contribution in [3.8, 4) is 0 Å². The van der Waals surface area contributed by atoms with Crippen LogP contribution >= 0.6 is 0 Å². The van der Waals surface area contributed by atoms with Crippen LogP contribution in [0.1, 0.15) is 57.9 Å². The third-order valence-corrected chi connectivity index (χ3v) is 3.76. The lowest BCUT2D eigenvalue weighted by Crippen LogP contribution is -2.46. The number of amides is 1. The maximum atomic E-state index is 12.4. The normalized spacial score (nSPS) is 12.7. The van der Waals surface area contributed by atoms with Crippen molar-refractivity contribution in [1.29, 1.82) is 0 Å². The van der Waals surface area contributed by atoms with E-state index in [0.29, 0.717) is 5.69 Å². The van der Waals surface area contributed by atoms with Gasteiger partial charge in [0.05, 0.1) is 6.42 Å². The fourth-order valence-electron chi connectivity index (χ4n) is 3.51. The van der Waals surface area contributed by atoms with E-state index in [2.05, 4.69) is 51.2 Å².